The Morgan fingerprint density at radius 3 is 2.58 bits per heavy atom. The molecule has 0 amide bonds. The SMILES string of the molecule is O=S(=O)(c1ccccc1)N(C[C@@H]1CCCCO1)c1nc2ccccc2s1. The fourth-order valence-corrected chi connectivity index (χ4v) is 5.75. The Kier molecular flexibility index (Phi) is 4.93. The first-order chi connectivity index (χ1) is 12.6. The van der Waals surface area contributed by atoms with E-state index in [9.17, 15) is 8.42 Å². The number of para-hydroxylation sites is 1. The molecule has 1 atom stereocenters. The van der Waals surface area contributed by atoms with Gasteiger partial charge in [-0.2, -0.15) is 0 Å². The molecular weight excluding hydrogens is 368 g/mol. The fourth-order valence-electron chi connectivity index (χ4n) is 3.10. The molecule has 136 valence electrons. The van der Waals surface area contributed by atoms with Gasteiger partial charge in [0.2, 0.25) is 5.13 Å². The molecule has 2 aromatic carbocycles. The predicted molar refractivity (Wildman–Crippen MR) is 104 cm³/mol. The summed E-state index contributed by atoms with van der Waals surface area (Å²) in [5, 5.41) is 0.490. The van der Waals surface area contributed by atoms with Gasteiger partial charge in [-0.1, -0.05) is 41.7 Å². The van der Waals surface area contributed by atoms with E-state index in [0.717, 1.165) is 29.5 Å². The third-order valence-electron chi connectivity index (χ3n) is 4.47. The zero-order chi connectivity index (χ0) is 18.0. The number of hydrogen-bond acceptors (Lipinski definition) is 5. The van der Waals surface area contributed by atoms with Crippen molar-refractivity contribution in [3.05, 3.63) is 54.6 Å². The summed E-state index contributed by atoms with van der Waals surface area (Å²) < 4.78 is 34.8. The van der Waals surface area contributed by atoms with Gasteiger partial charge < -0.3 is 4.74 Å². The van der Waals surface area contributed by atoms with Crippen molar-refractivity contribution in [2.45, 2.75) is 30.3 Å². The van der Waals surface area contributed by atoms with Crippen molar-refractivity contribution in [2.75, 3.05) is 17.5 Å². The molecule has 1 aromatic heterocycles. The number of anilines is 1. The number of rotatable bonds is 5. The molecular formula is C19H20N2O3S2. The van der Waals surface area contributed by atoms with E-state index in [0.29, 0.717) is 11.7 Å². The minimum Gasteiger partial charge on any atom is -0.376 e. The molecule has 1 aliphatic rings. The summed E-state index contributed by atoms with van der Waals surface area (Å²) in [5.41, 5.74) is 0.810. The number of benzene rings is 2. The van der Waals surface area contributed by atoms with Crippen molar-refractivity contribution >= 4 is 36.7 Å². The lowest BCUT2D eigenvalue weighted by molar-refractivity contribution is 0.0228. The fraction of sp³-hybridized carbons (Fsp3) is 0.316. The Morgan fingerprint density at radius 1 is 1.08 bits per heavy atom. The van der Waals surface area contributed by atoms with E-state index >= 15 is 0 Å². The van der Waals surface area contributed by atoms with E-state index in [4.69, 9.17) is 4.74 Å². The predicted octanol–water partition coefficient (Wildman–Crippen LogP) is 4.06. The van der Waals surface area contributed by atoms with Gasteiger partial charge in [-0.05, 0) is 43.5 Å². The van der Waals surface area contributed by atoms with Crippen LogP contribution in [0.4, 0.5) is 5.13 Å². The van der Waals surface area contributed by atoms with Gasteiger partial charge in [-0.25, -0.2) is 17.7 Å². The van der Waals surface area contributed by atoms with Crippen LogP contribution in [0.1, 0.15) is 19.3 Å². The Morgan fingerprint density at radius 2 is 1.85 bits per heavy atom. The van der Waals surface area contributed by atoms with Crippen LogP contribution >= 0.6 is 11.3 Å². The summed E-state index contributed by atoms with van der Waals surface area (Å²) >= 11 is 1.40. The number of aromatic nitrogens is 1. The van der Waals surface area contributed by atoms with Crippen LogP contribution in [0.2, 0.25) is 0 Å². The van der Waals surface area contributed by atoms with Crippen LogP contribution in [0.5, 0.6) is 0 Å². The van der Waals surface area contributed by atoms with Crippen molar-refractivity contribution in [1.82, 2.24) is 4.98 Å². The minimum atomic E-state index is -3.70. The number of thiazole rings is 1. The lowest BCUT2D eigenvalue weighted by Crippen LogP contribution is -2.39. The van der Waals surface area contributed by atoms with Crippen LogP contribution in [-0.2, 0) is 14.8 Å². The Balaban J connectivity index is 1.75. The molecule has 0 bridgehead atoms. The van der Waals surface area contributed by atoms with Crippen molar-refractivity contribution < 1.29 is 13.2 Å². The molecule has 5 nitrogen and oxygen atoms in total. The third kappa shape index (κ3) is 3.47. The molecule has 3 aromatic rings. The first-order valence-electron chi connectivity index (χ1n) is 8.69. The minimum absolute atomic E-state index is 0.103. The van der Waals surface area contributed by atoms with Gasteiger partial charge in [0, 0.05) is 6.61 Å². The van der Waals surface area contributed by atoms with E-state index in [1.165, 1.54) is 15.6 Å². The highest BCUT2D eigenvalue weighted by Crippen LogP contribution is 2.33. The second kappa shape index (κ2) is 7.34. The van der Waals surface area contributed by atoms with Crippen LogP contribution in [0.3, 0.4) is 0 Å². The van der Waals surface area contributed by atoms with Gasteiger partial charge in [0.1, 0.15) is 0 Å². The van der Waals surface area contributed by atoms with Gasteiger partial charge >= 0.3 is 0 Å². The second-order valence-corrected chi connectivity index (χ2v) is 9.17. The maximum absolute atomic E-state index is 13.3. The summed E-state index contributed by atoms with van der Waals surface area (Å²) in [5.74, 6) is 0. The molecule has 0 spiro atoms. The van der Waals surface area contributed by atoms with Crippen LogP contribution in [-0.4, -0.2) is 32.7 Å². The summed E-state index contributed by atoms with van der Waals surface area (Å²) in [7, 11) is -3.70. The molecule has 2 heterocycles. The van der Waals surface area contributed by atoms with E-state index in [2.05, 4.69) is 4.98 Å². The van der Waals surface area contributed by atoms with E-state index in [1.54, 1.807) is 24.3 Å². The van der Waals surface area contributed by atoms with E-state index < -0.39 is 10.0 Å². The Bertz CT molecular complexity index is 947. The molecule has 7 heteroatoms. The normalized spacial score (nSPS) is 18.1. The molecule has 0 N–H and O–H groups in total. The summed E-state index contributed by atoms with van der Waals surface area (Å²) in [4.78, 5) is 4.85. The van der Waals surface area contributed by atoms with Crippen LogP contribution < -0.4 is 4.31 Å². The quantitative estimate of drug-likeness (QED) is 0.661. The first-order valence-corrected chi connectivity index (χ1v) is 11.0. The number of sulfonamides is 1. The second-order valence-electron chi connectivity index (χ2n) is 6.30. The first kappa shape index (κ1) is 17.5. The topological polar surface area (TPSA) is 59.5 Å². The van der Waals surface area contributed by atoms with Crippen LogP contribution in [0.25, 0.3) is 10.2 Å². The number of fused-ring (bicyclic) bond motifs is 1. The maximum Gasteiger partial charge on any atom is 0.266 e. The zero-order valence-corrected chi connectivity index (χ0v) is 15.9. The molecule has 1 fully saturated rings. The van der Waals surface area contributed by atoms with Gasteiger partial charge in [-0.3, -0.25) is 0 Å². The largest absolute Gasteiger partial charge is 0.376 e. The Hall–Kier alpha value is -1.96. The molecule has 1 aliphatic heterocycles. The van der Waals surface area contributed by atoms with Crippen molar-refractivity contribution in [3.63, 3.8) is 0 Å². The van der Waals surface area contributed by atoms with Crippen molar-refractivity contribution in [2.24, 2.45) is 0 Å². The lowest BCUT2D eigenvalue weighted by atomic mass is 10.1. The number of hydrogen-bond donors (Lipinski definition) is 0. The van der Waals surface area contributed by atoms with Gasteiger partial charge in [0.25, 0.3) is 10.0 Å². The van der Waals surface area contributed by atoms with Crippen molar-refractivity contribution in [3.8, 4) is 0 Å². The number of nitrogens with zero attached hydrogens (tertiary/aromatic N) is 2. The monoisotopic (exact) mass is 388 g/mol. The standard InChI is InChI=1S/C19H20N2O3S2/c22-26(23,16-9-2-1-3-10-16)21(14-15-8-6-7-13-24-15)19-20-17-11-4-5-12-18(17)25-19/h1-5,9-12,15H,6-8,13-14H2/t15-/m0/s1. The summed E-state index contributed by atoms with van der Waals surface area (Å²) in [6.45, 7) is 0.973. The average molecular weight is 389 g/mol. The molecule has 4 rings (SSSR count). The van der Waals surface area contributed by atoms with Crippen molar-refractivity contribution in [1.29, 1.82) is 0 Å². The average Bonchev–Trinajstić information content (AvgIpc) is 3.11. The summed E-state index contributed by atoms with van der Waals surface area (Å²) in [6, 6.07) is 16.2. The highest BCUT2D eigenvalue weighted by molar-refractivity contribution is 7.93. The number of ether oxygens (including phenoxy) is 1. The lowest BCUT2D eigenvalue weighted by Gasteiger charge is -2.29. The Labute approximate surface area is 157 Å². The van der Waals surface area contributed by atoms with Gasteiger partial charge in [-0.15, -0.1) is 0 Å². The molecule has 1 saturated heterocycles. The van der Waals surface area contributed by atoms with Gasteiger partial charge in [0.15, 0.2) is 0 Å². The highest BCUT2D eigenvalue weighted by Gasteiger charge is 2.31. The smallest absolute Gasteiger partial charge is 0.266 e. The molecule has 26 heavy (non-hydrogen) atoms. The van der Waals surface area contributed by atoms with E-state index in [-0.39, 0.29) is 17.5 Å². The van der Waals surface area contributed by atoms with Crippen LogP contribution in [0, 0.1) is 0 Å². The molecule has 0 saturated carbocycles. The third-order valence-corrected chi connectivity index (χ3v) is 7.42. The molecule has 0 aliphatic carbocycles. The highest BCUT2D eigenvalue weighted by atomic mass is 32.2. The summed E-state index contributed by atoms with van der Waals surface area (Å²) in [6.07, 6.45) is 2.85. The van der Waals surface area contributed by atoms with Crippen LogP contribution in [0.15, 0.2) is 59.5 Å². The molecule has 0 unspecified atom stereocenters. The zero-order valence-electron chi connectivity index (χ0n) is 14.2. The molecule has 0 radical (unpaired) electrons. The van der Waals surface area contributed by atoms with Gasteiger partial charge in [0.05, 0.1) is 27.8 Å². The van der Waals surface area contributed by atoms with E-state index in [1.807, 2.05) is 30.3 Å². The maximum atomic E-state index is 13.3.